The van der Waals surface area contributed by atoms with Crippen LogP contribution < -0.4 is 11.1 Å². The van der Waals surface area contributed by atoms with Crippen LogP contribution in [0.5, 0.6) is 0 Å². The van der Waals surface area contributed by atoms with Crippen LogP contribution >= 0.6 is 0 Å². The smallest absolute Gasteiger partial charge is 0.338 e. The Hall–Kier alpha value is -2.86. The molecule has 0 radical (unpaired) electrons. The zero-order chi connectivity index (χ0) is 23.1. The van der Waals surface area contributed by atoms with Crippen LogP contribution in [0.3, 0.4) is 0 Å². The summed E-state index contributed by atoms with van der Waals surface area (Å²) in [7, 11) is 0. The molecule has 0 unspecified atom stereocenters. The average Bonchev–Trinajstić information content (AvgIpc) is 2.70. The van der Waals surface area contributed by atoms with E-state index in [2.05, 4.69) is 5.32 Å². The van der Waals surface area contributed by atoms with E-state index in [1.165, 1.54) is 0 Å². The van der Waals surface area contributed by atoms with Crippen molar-refractivity contribution in [2.24, 2.45) is 5.73 Å². The van der Waals surface area contributed by atoms with Gasteiger partial charge in [0.15, 0.2) is 0 Å². The molecular formula is C25H35N3O3. The minimum Gasteiger partial charge on any atom is -0.457 e. The Labute approximate surface area is 185 Å². The molecule has 0 atom stereocenters. The summed E-state index contributed by atoms with van der Waals surface area (Å²) < 4.78 is 5.39. The van der Waals surface area contributed by atoms with Gasteiger partial charge < -0.3 is 20.7 Å². The van der Waals surface area contributed by atoms with Crippen molar-refractivity contribution in [3.8, 4) is 0 Å². The summed E-state index contributed by atoms with van der Waals surface area (Å²) in [6.45, 7) is 11.0. The molecule has 6 heteroatoms. The minimum absolute atomic E-state index is 0.141. The van der Waals surface area contributed by atoms with Crippen molar-refractivity contribution in [3.05, 3.63) is 71.3 Å². The van der Waals surface area contributed by atoms with Crippen LogP contribution in [0.1, 0.15) is 62.5 Å². The molecule has 0 aliphatic heterocycles. The fourth-order valence-corrected chi connectivity index (χ4v) is 3.17. The number of urea groups is 1. The Bertz CT molecular complexity index is 856. The van der Waals surface area contributed by atoms with E-state index in [-0.39, 0.29) is 24.1 Å². The molecule has 0 bridgehead atoms. The average molecular weight is 426 g/mol. The molecule has 0 aromatic heterocycles. The third-order valence-corrected chi connectivity index (χ3v) is 4.96. The number of esters is 1. The molecular weight excluding hydrogens is 390 g/mol. The third kappa shape index (κ3) is 7.72. The number of nitrogens with zero attached hydrogens (tertiary/aromatic N) is 1. The summed E-state index contributed by atoms with van der Waals surface area (Å²) in [4.78, 5) is 27.1. The number of amides is 2. The van der Waals surface area contributed by atoms with Gasteiger partial charge in [-0.3, -0.25) is 0 Å². The van der Waals surface area contributed by atoms with Gasteiger partial charge in [-0.25, -0.2) is 9.59 Å². The lowest BCUT2D eigenvalue weighted by atomic mass is 9.97. The maximum absolute atomic E-state index is 13.0. The van der Waals surface area contributed by atoms with E-state index < -0.39 is 5.54 Å². The van der Waals surface area contributed by atoms with Gasteiger partial charge >= 0.3 is 12.0 Å². The van der Waals surface area contributed by atoms with E-state index in [0.29, 0.717) is 25.1 Å². The summed E-state index contributed by atoms with van der Waals surface area (Å²) in [6.07, 6.45) is 0.675. The number of rotatable bonds is 8. The molecule has 2 rings (SSSR count). The van der Waals surface area contributed by atoms with Gasteiger partial charge in [0.05, 0.1) is 5.56 Å². The summed E-state index contributed by atoms with van der Waals surface area (Å²) >= 11 is 0. The highest BCUT2D eigenvalue weighted by molar-refractivity contribution is 5.89. The van der Waals surface area contributed by atoms with Gasteiger partial charge in [-0.05, 0) is 70.8 Å². The second-order valence-corrected chi connectivity index (χ2v) is 9.38. The fourth-order valence-electron chi connectivity index (χ4n) is 3.17. The third-order valence-electron chi connectivity index (χ3n) is 4.96. The van der Waals surface area contributed by atoms with Crippen molar-refractivity contribution >= 4 is 12.0 Å². The Morgan fingerprint density at radius 3 is 2.10 bits per heavy atom. The fraction of sp³-hybridized carbons (Fsp3) is 0.440. The lowest BCUT2D eigenvalue weighted by molar-refractivity contribution is 0.0472. The van der Waals surface area contributed by atoms with E-state index in [9.17, 15) is 9.59 Å². The number of ether oxygens (including phenoxy) is 1. The first-order valence-corrected chi connectivity index (χ1v) is 10.6. The molecule has 3 N–H and O–H groups in total. The first-order chi connectivity index (χ1) is 14.5. The quantitative estimate of drug-likeness (QED) is 0.611. The van der Waals surface area contributed by atoms with Gasteiger partial charge in [0, 0.05) is 17.6 Å². The molecule has 0 fully saturated rings. The minimum atomic E-state index is -0.419. The summed E-state index contributed by atoms with van der Waals surface area (Å²) in [5.41, 5.74) is 7.36. The van der Waals surface area contributed by atoms with Crippen molar-refractivity contribution in [1.82, 2.24) is 10.2 Å². The molecule has 0 saturated carbocycles. The maximum Gasteiger partial charge on any atom is 0.338 e. The number of nitrogens with two attached hydrogens (primary N) is 1. The molecule has 2 amide bonds. The number of hydrogen-bond donors (Lipinski definition) is 2. The van der Waals surface area contributed by atoms with E-state index >= 15 is 0 Å². The van der Waals surface area contributed by atoms with Gasteiger partial charge in [-0.2, -0.15) is 0 Å². The first kappa shape index (κ1) is 24.4. The van der Waals surface area contributed by atoms with Gasteiger partial charge in [-0.1, -0.05) is 42.5 Å². The standard InChI is InChI=1S/C25H35N3O3/c1-24(2,3)27-23(30)28(25(4,5)15-16-26)17-19-11-13-21(14-12-19)22(29)31-18-20-9-7-6-8-10-20/h6-14H,15-18,26H2,1-5H3,(H,27,30). The van der Waals surface area contributed by atoms with E-state index in [1.807, 2.05) is 77.1 Å². The van der Waals surface area contributed by atoms with Gasteiger partial charge in [0.1, 0.15) is 6.61 Å². The Kier molecular flexibility index (Phi) is 8.22. The molecule has 0 aliphatic rings. The second kappa shape index (κ2) is 10.4. The molecule has 0 heterocycles. The molecule has 2 aromatic carbocycles. The first-order valence-electron chi connectivity index (χ1n) is 10.6. The monoisotopic (exact) mass is 425 g/mol. The summed E-state index contributed by atoms with van der Waals surface area (Å²) in [5, 5.41) is 3.04. The highest BCUT2D eigenvalue weighted by atomic mass is 16.5. The number of benzene rings is 2. The Morgan fingerprint density at radius 1 is 0.935 bits per heavy atom. The predicted octanol–water partition coefficient (Wildman–Crippen LogP) is 4.48. The van der Waals surface area contributed by atoms with Crippen molar-refractivity contribution < 1.29 is 14.3 Å². The van der Waals surface area contributed by atoms with Gasteiger partial charge in [-0.15, -0.1) is 0 Å². The second-order valence-electron chi connectivity index (χ2n) is 9.38. The SMILES string of the molecule is CC(C)(C)NC(=O)N(Cc1ccc(C(=O)OCc2ccccc2)cc1)C(C)(C)CCN. The molecule has 6 nitrogen and oxygen atoms in total. The Morgan fingerprint density at radius 2 is 1.55 bits per heavy atom. The van der Waals surface area contributed by atoms with E-state index in [0.717, 1.165) is 11.1 Å². The van der Waals surface area contributed by atoms with Crippen molar-refractivity contribution in [2.75, 3.05) is 6.54 Å². The maximum atomic E-state index is 13.0. The molecule has 31 heavy (non-hydrogen) atoms. The summed E-state index contributed by atoms with van der Waals surface area (Å²) in [5.74, 6) is -0.374. The van der Waals surface area contributed by atoms with Crippen LogP contribution in [0.4, 0.5) is 4.79 Å². The highest BCUT2D eigenvalue weighted by Crippen LogP contribution is 2.23. The molecule has 2 aromatic rings. The van der Waals surface area contributed by atoms with Crippen LogP contribution in [0.2, 0.25) is 0 Å². The Balaban J connectivity index is 2.09. The van der Waals surface area contributed by atoms with Crippen molar-refractivity contribution in [2.45, 2.75) is 65.3 Å². The van der Waals surface area contributed by atoms with Crippen LogP contribution in [0.15, 0.2) is 54.6 Å². The van der Waals surface area contributed by atoms with E-state index in [4.69, 9.17) is 10.5 Å². The number of nitrogens with one attached hydrogen (secondary N) is 1. The van der Waals surface area contributed by atoms with Crippen LogP contribution in [0.25, 0.3) is 0 Å². The lowest BCUT2D eigenvalue weighted by Crippen LogP contribution is -2.55. The topological polar surface area (TPSA) is 84.7 Å². The molecule has 0 saturated heterocycles. The van der Waals surface area contributed by atoms with Gasteiger partial charge in [0.2, 0.25) is 0 Å². The molecule has 0 spiro atoms. The summed E-state index contributed by atoms with van der Waals surface area (Å²) in [6, 6.07) is 16.6. The van der Waals surface area contributed by atoms with Crippen molar-refractivity contribution in [1.29, 1.82) is 0 Å². The van der Waals surface area contributed by atoms with E-state index in [1.54, 1.807) is 17.0 Å². The number of carbonyl (C=O) groups is 2. The zero-order valence-electron chi connectivity index (χ0n) is 19.3. The number of hydrogen-bond acceptors (Lipinski definition) is 4. The van der Waals surface area contributed by atoms with Crippen LogP contribution in [-0.2, 0) is 17.9 Å². The normalized spacial score (nSPS) is 11.7. The highest BCUT2D eigenvalue weighted by Gasteiger charge is 2.32. The van der Waals surface area contributed by atoms with Crippen LogP contribution in [-0.4, -0.2) is 34.5 Å². The lowest BCUT2D eigenvalue weighted by Gasteiger charge is -2.40. The number of carbonyl (C=O) groups excluding carboxylic acids is 2. The van der Waals surface area contributed by atoms with Gasteiger partial charge in [0.25, 0.3) is 0 Å². The predicted molar refractivity (Wildman–Crippen MR) is 124 cm³/mol. The molecule has 0 aliphatic carbocycles. The largest absolute Gasteiger partial charge is 0.457 e. The van der Waals surface area contributed by atoms with Crippen molar-refractivity contribution in [3.63, 3.8) is 0 Å². The zero-order valence-corrected chi connectivity index (χ0v) is 19.3. The van der Waals surface area contributed by atoms with Crippen LogP contribution in [0, 0.1) is 0 Å². The molecule has 168 valence electrons.